The van der Waals surface area contributed by atoms with E-state index in [0.29, 0.717) is 25.0 Å². The van der Waals surface area contributed by atoms with E-state index in [2.05, 4.69) is 14.9 Å². The largest absolute Gasteiger partial charge is 0.464 e. The summed E-state index contributed by atoms with van der Waals surface area (Å²) in [7, 11) is -4.13. The number of ether oxygens (including phenoxy) is 1. The molecular formula is C14H18F2N4O3S. The van der Waals surface area contributed by atoms with Gasteiger partial charge in [0.2, 0.25) is 10.0 Å². The fourth-order valence-electron chi connectivity index (χ4n) is 2.19. The van der Waals surface area contributed by atoms with Gasteiger partial charge in [0.1, 0.15) is 11.6 Å². The molecule has 0 spiro atoms. The Morgan fingerprint density at radius 2 is 1.83 bits per heavy atom. The fourth-order valence-corrected chi connectivity index (χ4v) is 3.43. The molecule has 0 fully saturated rings. The molecule has 2 aromatic rings. The minimum atomic E-state index is -4.13. The lowest BCUT2D eigenvalue weighted by Crippen LogP contribution is -2.29. The van der Waals surface area contributed by atoms with E-state index in [1.54, 1.807) is 18.4 Å². The Morgan fingerprint density at radius 1 is 1.21 bits per heavy atom. The number of rotatable bonds is 7. The van der Waals surface area contributed by atoms with E-state index < -0.39 is 32.6 Å². The number of nitrogens with zero attached hydrogens (tertiary/aromatic N) is 3. The van der Waals surface area contributed by atoms with E-state index in [0.717, 1.165) is 12.1 Å². The van der Waals surface area contributed by atoms with E-state index in [9.17, 15) is 17.2 Å². The van der Waals surface area contributed by atoms with Crippen molar-refractivity contribution in [1.82, 2.24) is 19.5 Å². The van der Waals surface area contributed by atoms with Gasteiger partial charge in [-0.15, -0.1) is 5.10 Å². The Morgan fingerprint density at radius 3 is 2.38 bits per heavy atom. The maximum Gasteiger partial charge on any atom is 0.316 e. The van der Waals surface area contributed by atoms with Crippen molar-refractivity contribution in [3.63, 3.8) is 0 Å². The Hall–Kier alpha value is -2.07. The van der Waals surface area contributed by atoms with E-state index in [4.69, 9.17) is 4.74 Å². The number of hydrogen-bond acceptors (Lipinski definition) is 5. The van der Waals surface area contributed by atoms with E-state index in [1.807, 2.05) is 6.92 Å². The highest BCUT2D eigenvalue weighted by Gasteiger charge is 2.24. The van der Waals surface area contributed by atoms with Gasteiger partial charge in [0.05, 0.1) is 17.5 Å². The van der Waals surface area contributed by atoms with Crippen molar-refractivity contribution in [3.05, 3.63) is 35.7 Å². The van der Waals surface area contributed by atoms with Crippen LogP contribution in [0.4, 0.5) is 8.78 Å². The summed E-state index contributed by atoms with van der Waals surface area (Å²) in [4.78, 5) is -0.501. The molecule has 0 saturated heterocycles. The molecule has 2 rings (SSSR count). The first-order chi connectivity index (χ1) is 11.3. The third kappa shape index (κ3) is 3.88. The standard InChI is InChI=1S/C14H18F2N4O3S/c1-4-20-13(17-18-14(20)23-5-2)9(3)19-24(21,22)12-7-10(15)6-11(16)8-12/h6-9,19H,4-5H2,1-3H3/t9-/m1/s1. The van der Waals surface area contributed by atoms with Gasteiger partial charge in [-0.1, -0.05) is 5.10 Å². The van der Waals surface area contributed by atoms with Crippen molar-refractivity contribution in [2.24, 2.45) is 0 Å². The van der Waals surface area contributed by atoms with Crippen LogP contribution >= 0.6 is 0 Å². The van der Waals surface area contributed by atoms with Crippen LogP contribution in [0.5, 0.6) is 6.01 Å². The lowest BCUT2D eigenvalue weighted by molar-refractivity contribution is 0.294. The van der Waals surface area contributed by atoms with Gasteiger partial charge in [-0.3, -0.25) is 4.57 Å². The number of sulfonamides is 1. The summed E-state index contributed by atoms with van der Waals surface area (Å²) in [6.45, 7) is 6.04. The van der Waals surface area contributed by atoms with Crippen LogP contribution in [-0.4, -0.2) is 29.8 Å². The average Bonchev–Trinajstić information content (AvgIpc) is 2.89. The molecule has 10 heteroatoms. The Balaban J connectivity index is 2.29. The van der Waals surface area contributed by atoms with Gasteiger partial charge in [-0.2, -0.15) is 0 Å². The fraction of sp³-hybridized carbons (Fsp3) is 0.429. The van der Waals surface area contributed by atoms with Crippen LogP contribution in [0.15, 0.2) is 23.1 Å². The first-order valence-corrected chi connectivity index (χ1v) is 8.81. The molecule has 1 atom stereocenters. The second kappa shape index (κ2) is 7.22. The Bertz CT molecular complexity index is 803. The van der Waals surface area contributed by atoms with Gasteiger partial charge in [-0.05, 0) is 32.9 Å². The zero-order valence-corrected chi connectivity index (χ0v) is 14.3. The Kier molecular flexibility index (Phi) is 5.50. The molecule has 0 saturated carbocycles. The normalized spacial score (nSPS) is 13.0. The van der Waals surface area contributed by atoms with Gasteiger partial charge in [0, 0.05) is 12.6 Å². The SMILES string of the molecule is CCOc1nnc([C@@H](C)NS(=O)(=O)c2cc(F)cc(F)c2)n1CC. The molecule has 0 bridgehead atoms. The van der Waals surface area contributed by atoms with Gasteiger partial charge in [0.25, 0.3) is 0 Å². The lowest BCUT2D eigenvalue weighted by atomic mass is 10.3. The number of halogens is 2. The second-order valence-corrected chi connectivity index (χ2v) is 6.68. The first kappa shape index (κ1) is 18.3. The number of hydrogen-bond donors (Lipinski definition) is 1. The summed E-state index contributed by atoms with van der Waals surface area (Å²) < 4.78 is 60.4. The van der Waals surface area contributed by atoms with Crippen LogP contribution in [0, 0.1) is 11.6 Å². The molecule has 1 heterocycles. The minimum absolute atomic E-state index is 0.276. The smallest absolute Gasteiger partial charge is 0.316 e. The summed E-state index contributed by atoms with van der Waals surface area (Å²) in [6, 6.07) is 1.59. The van der Waals surface area contributed by atoms with Crippen LogP contribution in [0.3, 0.4) is 0 Å². The first-order valence-electron chi connectivity index (χ1n) is 7.32. The van der Waals surface area contributed by atoms with Crippen molar-refractivity contribution < 1.29 is 21.9 Å². The van der Waals surface area contributed by atoms with Crippen molar-refractivity contribution >= 4 is 10.0 Å². The summed E-state index contributed by atoms with van der Waals surface area (Å²) in [5.74, 6) is -1.61. The zero-order valence-electron chi connectivity index (χ0n) is 13.5. The zero-order chi connectivity index (χ0) is 17.9. The van der Waals surface area contributed by atoms with Crippen molar-refractivity contribution in [3.8, 4) is 6.01 Å². The van der Waals surface area contributed by atoms with Crippen LogP contribution < -0.4 is 9.46 Å². The van der Waals surface area contributed by atoms with E-state index in [1.165, 1.54) is 0 Å². The Labute approximate surface area is 138 Å². The van der Waals surface area contributed by atoms with Gasteiger partial charge in [0.15, 0.2) is 5.82 Å². The lowest BCUT2D eigenvalue weighted by Gasteiger charge is -2.15. The highest BCUT2D eigenvalue weighted by molar-refractivity contribution is 7.89. The van der Waals surface area contributed by atoms with Gasteiger partial charge >= 0.3 is 6.01 Å². The molecule has 24 heavy (non-hydrogen) atoms. The van der Waals surface area contributed by atoms with Gasteiger partial charge < -0.3 is 4.74 Å². The molecule has 7 nitrogen and oxygen atoms in total. The van der Waals surface area contributed by atoms with E-state index >= 15 is 0 Å². The van der Waals surface area contributed by atoms with Crippen LogP contribution in [-0.2, 0) is 16.6 Å². The minimum Gasteiger partial charge on any atom is -0.464 e. The molecule has 0 aliphatic carbocycles. The number of nitrogens with one attached hydrogen (secondary N) is 1. The van der Waals surface area contributed by atoms with Crippen LogP contribution in [0.1, 0.15) is 32.6 Å². The van der Waals surface area contributed by atoms with Gasteiger partial charge in [-0.25, -0.2) is 21.9 Å². The molecule has 0 aliphatic rings. The summed E-state index contributed by atoms with van der Waals surface area (Å²) in [5.41, 5.74) is 0. The van der Waals surface area contributed by atoms with Crippen LogP contribution in [0.25, 0.3) is 0 Å². The number of benzene rings is 1. The quantitative estimate of drug-likeness (QED) is 0.816. The molecule has 0 amide bonds. The van der Waals surface area contributed by atoms with E-state index in [-0.39, 0.29) is 6.01 Å². The van der Waals surface area contributed by atoms with Crippen molar-refractivity contribution in [2.45, 2.75) is 38.3 Å². The number of aromatic nitrogens is 3. The third-order valence-electron chi connectivity index (χ3n) is 3.20. The predicted molar refractivity (Wildman–Crippen MR) is 82.0 cm³/mol. The molecular weight excluding hydrogens is 342 g/mol. The van der Waals surface area contributed by atoms with Crippen LogP contribution in [0.2, 0.25) is 0 Å². The van der Waals surface area contributed by atoms with Crippen molar-refractivity contribution in [2.75, 3.05) is 6.61 Å². The molecule has 1 N–H and O–H groups in total. The summed E-state index contributed by atoms with van der Waals surface area (Å²) in [5, 5.41) is 7.80. The highest BCUT2D eigenvalue weighted by Crippen LogP contribution is 2.20. The topological polar surface area (TPSA) is 86.1 Å². The molecule has 0 radical (unpaired) electrons. The highest BCUT2D eigenvalue weighted by atomic mass is 32.2. The summed E-state index contributed by atoms with van der Waals surface area (Å²) >= 11 is 0. The molecule has 0 aliphatic heterocycles. The van der Waals surface area contributed by atoms with Crippen molar-refractivity contribution in [1.29, 1.82) is 0 Å². The maximum absolute atomic E-state index is 13.3. The second-order valence-electron chi connectivity index (χ2n) is 4.97. The third-order valence-corrected chi connectivity index (χ3v) is 4.72. The average molecular weight is 360 g/mol. The maximum atomic E-state index is 13.3. The predicted octanol–water partition coefficient (Wildman–Crippen LogP) is 2.01. The molecule has 132 valence electrons. The summed E-state index contributed by atoms with van der Waals surface area (Å²) in [6.07, 6.45) is 0. The monoisotopic (exact) mass is 360 g/mol. The molecule has 0 unspecified atom stereocenters. The molecule has 1 aromatic carbocycles. The molecule has 1 aromatic heterocycles.